The fourth-order valence-electron chi connectivity index (χ4n) is 0.945. The minimum Gasteiger partial charge on any atom is -0.461 e. The first kappa shape index (κ1) is 13.1. The molecular weight excluding hydrogens is 252 g/mol. The molecule has 5 nitrogen and oxygen atoms in total. The summed E-state index contributed by atoms with van der Waals surface area (Å²) in [6, 6.07) is 0. The number of rotatable bonds is 4. The number of halogens is 1. The van der Waals surface area contributed by atoms with E-state index in [1.807, 2.05) is 0 Å². The first-order valence-electron chi connectivity index (χ1n) is 4.09. The molecule has 0 aromatic carbocycles. The standard InChI is InChI=1S/C8H12N2O3.BrH/c1-2-12-8(11)7-6(3-4-9)13-5-10-7;/h5H,2-4,9H2,1H3;1H. The summed E-state index contributed by atoms with van der Waals surface area (Å²) in [6.07, 6.45) is 1.71. The van der Waals surface area contributed by atoms with E-state index < -0.39 is 5.97 Å². The summed E-state index contributed by atoms with van der Waals surface area (Å²) in [4.78, 5) is 15.0. The minimum absolute atomic E-state index is 0. The lowest BCUT2D eigenvalue weighted by molar-refractivity contribution is 0.0518. The van der Waals surface area contributed by atoms with Gasteiger partial charge < -0.3 is 14.9 Å². The Balaban J connectivity index is 0.00000169. The van der Waals surface area contributed by atoms with E-state index in [2.05, 4.69) is 4.98 Å². The molecule has 1 heterocycles. The van der Waals surface area contributed by atoms with Crippen LogP contribution in [0.2, 0.25) is 0 Å². The maximum absolute atomic E-state index is 11.2. The van der Waals surface area contributed by atoms with Crippen LogP contribution in [0.3, 0.4) is 0 Å². The normalized spacial score (nSPS) is 9.29. The molecule has 0 spiro atoms. The fourth-order valence-corrected chi connectivity index (χ4v) is 0.945. The van der Waals surface area contributed by atoms with Crippen LogP contribution in [0, 0.1) is 0 Å². The van der Waals surface area contributed by atoms with Crippen LogP contribution in [0.15, 0.2) is 10.8 Å². The van der Waals surface area contributed by atoms with Gasteiger partial charge in [0.1, 0.15) is 5.76 Å². The van der Waals surface area contributed by atoms with Crippen molar-refractivity contribution in [2.24, 2.45) is 5.73 Å². The van der Waals surface area contributed by atoms with Gasteiger partial charge in [0.05, 0.1) is 6.61 Å². The molecular formula is C8H13BrN2O3. The number of aromatic nitrogens is 1. The lowest BCUT2D eigenvalue weighted by Gasteiger charge is -1.99. The molecule has 1 rings (SSSR count). The molecule has 80 valence electrons. The number of hydrogen-bond donors (Lipinski definition) is 1. The summed E-state index contributed by atoms with van der Waals surface area (Å²) in [6.45, 7) is 2.48. The molecule has 0 fully saturated rings. The molecule has 0 aliphatic carbocycles. The zero-order valence-electron chi connectivity index (χ0n) is 7.86. The zero-order chi connectivity index (χ0) is 9.68. The molecule has 0 aliphatic heterocycles. The van der Waals surface area contributed by atoms with Crippen molar-refractivity contribution in [2.75, 3.05) is 13.2 Å². The number of ether oxygens (including phenoxy) is 1. The summed E-state index contributed by atoms with van der Waals surface area (Å²) in [7, 11) is 0. The molecule has 0 unspecified atom stereocenters. The van der Waals surface area contributed by atoms with Gasteiger partial charge in [-0.2, -0.15) is 0 Å². The number of nitrogens with two attached hydrogens (primary N) is 1. The molecule has 6 heteroatoms. The third kappa shape index (κ3) is 3.12. The van der Waals surface area contributed by atoms with Crippen LogP contribution >= 0.6 is 17.0 Å². The van der Waals surface area contributed by atoms with Crippen LogP contribution in [-0.2, 0) is 11.2 Å². The van der Waals surface area contributed by atoms with Crippen LogP contribution in [-0.4, -0.2) is 24.1 Å². The van der Waals surface area contributed by atoms with Gasteiger partial charge in [-0.1, -0.05) is 0 Å². The summed E-state index contributed by atoms with van der Waals surface area (Å²) in [5.74, 6) is 0.0284. The van der Waals surface area contributed by atoms with E-state index in [4.69, 9.17) is 14.9 Å². The second kappa shape index (κ2) is 6.56. The molecule has 0 aliphatic rings. The van der Waals surface area contributed by atoms with Crippen molar-refractivity contribution in [1.29, 1.82) is 0 Å². The quantitative estimate of drug-likeness (QED) is 0.819. The third-order valence-electron chi connectivity index (χ3n) is 1.48. The maximum Gasteiger partial charge on any atom is 0.360 e. The summed E-state index contributed by atoms with van der Waals surface area (Å²) < 4.78 is 9.75. The van der Waals surface area contributed by atoms with E-state index in [0.717, 1.165) is 0 Å². The van der Waals surface area contributed by atoms with Gasteiger partial charge in [-0.15, -0.1) is 17.0 Å². The number of carbonyl (C=O) groups excluding carboxylic acids is 1. The molecule has 14 heavy (non-hydrogen) atoms. The van der Waals surface area contributed by atoms with Crippen molar-refractivity contribution in [2.45, 2.75) is 13.3 Å². The number of hydrogen-bond acceptors (Lipinski definition) is 5. The Morgan fingerprint density at radius 3 is 3.00 bits per heavy atom. The Kier molecular flexibility index (Phi) is 6.14. The second-order valence-electron chi connectivity index (χ2n) is 2.38. The molecule has 0 saturated carbocycles. The number of oxazole rings is 1. The molecule has 1 aromatic heterocycles. The van der Waals surface area contributed by atoms with Gasteiger partial charge in [0.2, 0.25) is 0 Å². The van der Waals surface area contributed by atoms with Crippen LogP contribution in [0.25, 0.3) is 0 Å². The zero-order valence-corrected chi connectivity index (χ0v) is 9.57. The Hall–Kier alpha value is -0.880. The van der Waals surface area contributed by atoms with Gasteiger partial charge in [0.15, 0.2) is 12.1 Å². The average Bonchev–Trinajstić information content (AvgIpc) is 2.54. The van der Waals surface area contributed by atoms with Crippen molar-refractivity contribution < 1.29 is 13.9 Å². The molecule has 1 aromatic rings. The van der Waals surface area contributed by atoms with Gasteiger partial charge in [-0.3, -0.25) is 0 Å². The van der Waals surface area contributed by atoms with Crippen molar-refractivity contribution >= 4 is 23.0 Å². The van der Waals surface area contributed by atoms with E-state index in [0.29, 0.717) is 25.3 Å². The van der Waals surface area contributed by atoms with Crippen molar-refractivity contribution in [1.82, 2.24) is 4.98 Å². The highest BCUT2D eigenvalue weighted by Crippen LogP contribution is 2.08. The average molecular weight is 265 g/mol. The number of esters is 1. The Labute approximate surface area is 92.4 Å². The first-order valence-corrected chi connectivity index (χ1v) is 4.09. The molecule has 2 N–H and O–H groups in total. The number of carbonyl (C=O) groups is 1. The third-order valence-corrected chi connectivity index (χ3v) is 1.48. The monoisotopic (exact) mass is 264 g/mol. The molecule has 0 amide bonds. The second-order valence-corrected chi connectivity index (χ2v) is 2.38. The highest BCUT2D eigenvalue weighted by molar-refractivity contribution is 8.93. The SMILES string of the molecule is Br.CCOC(=O)c1ncoc1CCN. The van der Waals surface area contributed by atoms with Crippen molar-refractivity contribution in [3.63, 3.8) is 0 Å². The van der Waals surface area contributed by atoms with Gasteiger partial charge in [0, 0.05) is 6.42 Å². The Morgan fingerprint density at radius 1 is 1.71 bits per heavy atom. The van der Waals surface area contributed by atoms with E-state index in [1.165, 1.54) is 6.39 Å². The maximum atomic E-state index is 11.2. The summed E-state index contributed by atoms with van der Waals surface area (Å²) in [5.41, 5.74) is 5.55. The van der Waals surface area contributed by atoms with E-state index in [-0.39, 0.29) is 22.7 Å². The van der Waals surface area contributed by atoms with Crippen molar-refractivity contribution in [3.8, 4) is 0 Å². The fraction of sp³-hybridized carbons (Fsp3) is 0.500. The van der Waals surface area contributed by atoms with Gasteiger partial charge >= 0.3 is 5.97 Å². The molecule has 0 bridgehead atoms. The molecule has 0 saturated heterocycles. The predicted octanol–water partition coefficient (Wildman–Crippen LogP) is 0.930. The first-order chi connectivity index (χ1) is 6.29. The predicted molar refractivity (Wildman–Crippen MR) is 55.5 cm³/mol. The highest BCUT2D eigenvalue weighted by Gasteiger charge is 2.16. The lowest BCUT2D eigenvalue weighted by Crippen LogP contribution is -2.10. The summed E-state index contributed by atoms with van der Waals surface area (Å²) >= 11 is 0. The molecule has 0 atom stereocenters. The topological polar surface area (TPSA) is 78.3 Å². The Morgan fingerprint density at radius 2 is 2.43 bits per heavy atom. The largest absolute Gasteiger partial charge is 0.461 e. The smallest absolute Gasteiger partial charge is 0.360 e. The van der Waals surface area contributed by atoms with Gasteiger partial charge in [-0.25, -0.2) is 9.78 Å². The summed E-state index contributed by atoms with van der Waals surface area (Å²) in [5, 5.41) is 0. The Bertz CT molecular complexity index is 288. The van der Waals surface area contributed by atoms with E-state index >= 15 is 0 Å². The van der Waals surface area contributed by atoms with Gasteiger partial charge in [0.25, 0.3) is 0 Å². The highest BCUT2D eigenvalue weighted by atomic mass is 79.9. The minimum atomic E-state index is -0.459. The van der Waals surface area contributed by atoms with E-state index in [1.54, 1.807) is 6.92 Å². The van der Waals surface area contributed by atoms with Crippen LogP contribution in [0.5, 0.6) is 0 Å². The number of nitrogens with zero attached hydrogens (tertiary/aromatic N) is 1. The lowest BCUT2D eigenvalue weighted by atomic mass is 10.2. The van der Waals surface area contributed by atoms with Crippen LogP contribution in [0.4, 0.5) is 0 Å². The van der Waals surface area contributed by atoms with E-state index in [9.17, 15) is 4.79 Å². The van der Waals surface area contributed by atoms with Crippen molar-refractivity contribution in [3.05, 3.63) is 17.8 Å². The van der Waals surface area contributed by atoms with Gasteiger partial charge in [-0.05, 0) is 13.5 Å². The van der Waals surface area contributed by atoms with Crippen LogP contribution in [0.1, 0.15) is 23.2 Å². The van der Waals surface area contributed by atoms with Crippen LogP contribution < -0.4 is 5.73 Å². The molecule has 0 radical (unpaired) electrons.